The van der Waals surface area contributed by atoms with Gasteiger partial charge in [-0.3, -0.25) is 9.59 Å². The zero-order chi connectivity index (χ0) is 18.7. The number of ketones is 1. The largest absolute Gasteiger partial charge is 0.497 e. The first kappa shape index (κ1) is 17.5. The number of nitrogens with zero attached hydrogens (tertiary/aromatic N) is 1. The van der Waals surface area contributed by atoms with E-state index in [0.717, 1.165) is 16.9 Å². The van der Waals surface area contributed by atoms with Crippen molar-refractivity contribution in [2.24, 2.45) is 7.05 Å². The van der Waals surface area contributed by atoms with Gasteiger partial charge in [-0.15, -0.1) is 0 Å². The maximum Gasteiger partial charge on any atom is 0.309 e. The maximum atomic E-state index is 12.7. The highest BCUT2D eigenvalue weighted by Crippen LogP contribution is 2.23. The molecule has 5 nitrogen and oxygen atoms in total. The number of aromatic nitrogens is 1. The third kappa shape index (κ3) is 3.52. The Balaban J connectivity index is 1.82. The van der Waals surface area contributed by atoms with Gasteiger partial charge in [0, 0.05) is 18.3 Å². The van der Waals surface area contributed by atoms with Gasteiger partial charge in [0.05, 0.1) is 19.2 Å². The summed E-state index contributed by atoms with van der Waals surface area (Å²) in [5.41, 5.74) is 3.66. The van der Waals surface area contributed by atoms with Crippen LogP contribution in [0.5, 0.6) is 5.75 Å². The summed E-state index contributed by atoms with van der Waals surface area (Å²) in [6, 6.07) is 18.4. The van der Waals surface area contributed by atoms with Crippen LogP contribution in [-0.2, 0) is 18.3 Å². The summed E-state index contributed by atoms with van der Waals surface area (Å²) in [7, 11) is 3.33. The lowest BCUT2D eigenvalue weighted by Crippen LogP contribution is -2.11. The third-order valence-corrected chi connectivity index (χ3v) is 4.36. The SMILES string of the molecule is COc1ccc(-c2ccc(C(=O)c3ccc(CC(=O)O)n3C)cc2)cc1. The van der Waals surface area contributed by atoms with Crippen LogP contribution >= 0.6 is 0 Å². The summed E-state index contributed by atoms with van der Waals surface area (Å²) in [4.78, 5) is 23.6. The molecule has 1 aromatic heterocycles. The molecule has 1 N–H and O–H groups in total. The van der Waals surface area contributed by atoms with Crippen LogP contribution in [0.3, 0.4) is 0 Å². The molecule has 26 heavy (non-hydrogen) atoms. The number of carbonyl (C=O) groups is 2. The summed E-state index contributed by atoms with van der Waals surface area (Å²) in [5.74, 6) is -0.263. The molecule has 0 saturated carbocycles. The molecule has 3 rings (SSSR count). The van der Waals surface area contributed by atoms with Crippen LogP contribution < -0.4 is 4.74 Å². The number of carboxylic acids is 1. The number of ether oxygens (including phenoxy) is 1. The number of carbonyl (C=O) groups excluding carboxylic acids is 1. The summed E-state index contributed by atoms with van der Waals surface area (Å²) < 4.78 is 6.79. The van der Waals surface area contributed by atoms with Gasteiger partial charge in [0.15, 0.2) is 0 Å². The number of methoxy groups -OCH3 is 1. The normalized spacial score (nSPS) is 10.5. The monoisotopic (exact) mass is 349 g/mol. The quantitative estimate of drug-likeness (QED) is 0.691. The molecule has 0 atom stereocenters. The van der Waals surface area contributed by atoms with Crippen molar-refractivity contribution in [2.45, 2.75) is 6.42 Å². The van der Waals surface area contributed by atoms with Crippen LogP contribution in [-0.4, -0.2) is 28.5 Å². The molecule has 1 heterocycles. The van der Waals surface area contributed by atoms with Crippen LogP contribution in [0.2, 0.25) is 0 Å². The van der Waals surface area contributed by atoms with Crippen molar-refractivity contribution >= 4 is 11.8 Å². The van der Waals surface area contributed by atoms with Crippen molar-refractivity contribution in [3.05, 3.63) is 77.6 Å². The minimum Gasteiger partial charge on any atom is -0.497 e. The van der Waals surface area contributed by atoms with Crippen molar-refractivity contribution < 1.29 is 19.4 Å². The molecule has 0 spiro atoms. The van der Waals surface area contributed by atoms with Crippen molar-refractivity contribution in [1.82, 2.24) is 4.57 Å². The molecular formula is C21H19NO4. The van der Waals surface area contributed by atoms with E-state index in [0.29, 0.717) is 17.0 Å². The van der Waals surface area contributed by atoms with E-state index in [4.69, 9.17) is 9.84 Å². The van der Waals surface area contributed by atoms with E-state index in [-0.39, 0.29) is 12.2 Å². The van der Waals surface area contributed by atoms with Crippen LogP contribution in [0, 0.1) is 0 Å². The molecule has 0 aliphatic rings. The van der Waals surface area contributed by atoms with E-state index < -0.39 is 5.97 Å². The summed E-state index contributed by atoms with van der Waals surface area (Å²) in [6.07, 6.45) is -0.111. The van der Waals surface area contributed by atoms with Crippen LogP contribution in [0.4, 0.5) is 0 Å². The van der Waals surface area contributed by atoms with Crippen LogP contribution in [0.1, 0.15) is 21.7 Å². The number of carboxylic acid groups (broad SMARTS) is 1. The highest BCUT2D eigenvalue weighted by molar-refractivity contribution is 6.08. The van der Waals surface area contributed by atoms with E-state index in [1.54, 1.807) is 43.0 Å². The molecular weight excluding hydrogens is 330 g/mol. The predicted octanol–water partition coefficient (Wildman–Crippen LogP) is 3.56. The maximum absolute atomic E-state index is 12.7. The van der Waals surface area contributed by atoms with Gasteiger partial charge in [0.25, 0.3) is 0 Å². The van der Waals surface area contributed by atoms with Crippen molar-refractivity contribution in [3.63, 3.8) is 0 Å². The van der Waals surface area contributed by atoms with E-state index in [9.17, 15) is 9.59 Å². The Morgan fingerprint density at radius 1 is 0.923 bits per heavy atom. The standard InChI is InChI=1S/C21H19NO4/c1-22-17(13-20(23)24)9-12-19(22)21(25)16-5-3-14(4-6-16)15-7-10-18(26-2)11-8-15/h3-12H,13H2,1-2H3,(H,23,24). The van der Waals surface area contributed by atoms with Crippen LogP contribution in [0.15, 0.2) is 60.7 Å². The van der Waals surface area contributed by atoms with Gasteiger partial charge in [0.2, 0.25) is 5.78 Å². The fraction of sp³-hybridized carbons (Fsp3) is 0.143. The first-order valence-electron chi connectivity index (χ1n) is 8.15. The summed E-state index contributed by atoms with van der Waals surface area (Å²) >= 11 is 0. The third-order valence-electron chi connectivity index (χ3n) is 4.36. The van der Waals surface area contributed by atoms with Crippen molar-refractivity contribution in [1.29, 1.82) is 0 Å². The van der Waals surface area contributed by atoms with E-state index in [1.807, 2.05) is 36.4 Å². The Morgan fingerprint density at radius 2 is 1.50 bits per heavy atom. The van der Waals surface area contributed by atoms with E-state index in [2.05, 4.69) is 0 Å². The number of hydrogen-bond acceptors (Lipinski definition) is 3. The molecule has 132 valence electrons. The number of hydrogen-bond donors (Lipinski definition) is 1. The molecule has 3 aromatic rings. The van der Waals surface area contributed by atoms with E-state index in [1.165, 1.54) is 0 Å². The molecule has 0 unspecified atom stereocenters. The molecule has 0 aliphatic carbocycles. The molecule has 0 aliphatic heterocycles. The number of aliphatic carboxylic acids is 1. The Morgan fingerprint density at radius 3 is 2.04 bits per heavy atom. The Kier molecular flexibility index (Phi) is 4.89. The second-order valence-corrected chi connectivity index (χ2v) is 5.97. The molecule has 5 heteroatoms. The van der Waals surface area contributed by atoms with Gasteiger partial charge < -0.3 is 14.4 Å². The summed E-state index contributed by atoms with van der Waals surface area (Å²) in [5, 5.41) is 8.92. The summed E-state index contributed by atoms with van der Waals surface area (Å²) in [6.45, 7) is 0. The molecule has 0 radical (unpaired) electrons. The highest BCUT2D eigenvalue weighted by atomic mass is 16.5. The Labute approximate surface area is 151 Å². The van der Waals surface area contributed by atoms with Crippen LogP contribution in [0.25, 0.3) is 11.1 Å². The van der Waals surface area contributed by atoms with Gasteiger partial charge in [0.1, 0.15) is 5.75 Å². The van der Waals surface area contributed by atoms with E-state index >= 15 is 0 Å². The van der Waals surface area contributed by atoms with Gasteiger partial charge in [-0.05, 0) is 35.4 Å². The number of rotatable bonds is 6. The molecule has 0 amide bonds. The van der Waals surface area contributed by atoms with Crippen molar-refractivity contribution in [3.8, 4) is 16.9 Å². The molecule has 0 fully saturated rings. The van der Waals surface area contributed by atoms with Gasteiger partial charge in [-0.25, -0.2) is 0 Å². The second-order valence-electron chi connectivity index (χ2n) is 5.97. The molecule has 2 aromatic carbocycles. The molecule has 0 bridgehead atoms. The minimum atomic E-state index is -0.922. The average molecular weight is 349 g/mol. The smallest absolute Gasteiger partial charge is 0.309 e. The first-order chi connectivity index (χ1) is 12.5. The number of benzene rings is 2. The Bertz CT molecular complexity index is 937. The minimum absolute atomic E-state index is 0.111. The predicted molar refractivity (Wildman–Crippen MR) is 98.6 cm³/mol. The fourth-order valence-corrected chi connectivity index (χ4v) is 2.86. The van der Waals surface area contributed by atoms with Gasteiger partial charge in [-0.2, -0.15) is 0 Å². The second kappa shape index (κ2) is 7.27. The zero-order valence-electron chi connectivity index (χ0n) is 14.6. The lowest BCUT2D eigenvalue weighted by atomic mass is 10.0. The highest BCUT2D eigenvalue weighted by Gasteiger charge is 2.16. The lowest BCUT2D eigenvalue weighted by Gasteiger charge is -2.07. The molecule has 0 saturated heterocycles. The zero-order valence-corrected chi connectivity index (χ0v) is 14.6. The fourth-order valence-electron chi connectivity index (χ4n) is 2.86. The van der Waals surface area contributed by atoms with Gasteiger partial charge >= 0.3 is 5.97 Å². The first-order valence-corrected chi connectivity index (χ1v) is 8.15. The average Bonchev–Trinajstić information content (AvgIpc) is 3.01. The van der Waals surface area contributed by atoms with Gasteiger partial charge in [-0.1, -0.05) is 36.4 Å². The Hall–Kier alpha value is -3.34. The topological polar surface area (TPSA) is 68.5 Å². The van der Waals surface area contributed by atoms with Crippen molar-refractivity contribution in [2.75, 3.05) is 7.11 Å². The lowest BCUT2D eigenvalue weighted by molar-refractivity contribution is -0.136.